The summed E-state index contributed by atoms with van der Waals surface area (Å²) >= 11 is 1.56. The van der Waals surface area contributed by atoms with E-state index in [4.69, 9.17) is 5.73 Å². The number of carbonyl (C=O) groups excluding carboxylic acids is 1. The van der Waals surface area contributed by atoms with Gasteiger partial charge in [-0.3, -0.25) is 4.79 Å². The average molecular weight is 240 g/mol. The minimum atomic E-state index is -0.326. The average Bonchev–Trinajstić information content (AvgIpc) is 2.30. The zero-order valence-electron chi connectivity index (χ0n) is 8.73. The lowest BCUT2D eigenvalue weighted by molar-refractivity contribution is -0.116. The lowest BCUT2D eigenvalue weighted by atomic mass is 10.2. The molecule has 0 aliphatic carbocycles. The maximum Gasteiger partial charge on any atom is 0.237 e. The van der Waals surface area contributed by atoms with Crippen LogP contribution < -0.4 is 10.6 Å². The molecule has 1 fully saturated rings. The van der Waals surface area contributed by atoms with Crippen LogP contribution in [0.2, 0.25) is 0 Å². The van der Waals surface area contributed by atoms with Gasteiger partial charge in [0.2, 0.25) is 5.91 Å². The van der Waals surface area contributed by atoms with Crippen molar-refractivity contribution in [2.75, 3.05) is 23.7 Å². The van der Waals surface area contributed by atoms with Crippen molar-refractivity contribution in [3.8, 4) is 0 Å². The minimum absolute atomic E-state index is 0.0142. The Balaban J connectivity index is 2.21. The van der Waals surface area contributed by atoms with Gasteiger partial charge in [-0.2, -0.15) is 0 Å². The van der Waals surface area contributed by atoms with Crippen molar-refractivity contribution in [2.24, 2.45) is 5.73 Å². The molecule has 1 unspecified atom stereocenters. The number of anilines is 1. The van der Waals surface area contributed by atoms with Gasteiger partial charge in [-0.05, 0) is 18.2 Å². The summed E-state index contributed by atoms with van der Waals surface area (Å²) in [7, 11) is 0. The first-order valence-electron chi connectivity index (χ1n) is 5.08. The summed E-state index contributed by atoms with van der Waals surface area (Å²) < 4.78 is 13.1. The van der Waals surface area contributed by atoms with Crippen LogP contribution in [0.25, 0.3) is 0 Å². The number of hydrogen-bond acceptors (Lipinski definition) is 3. The standard InChI is InChI=1S/C11H13FN2OS/c12-8-2-1-3-9(4-8)14-6-10(5-13)16-7-11(14)15/h1-4,10H,5-7,13H2. The number of rotatable bonds is 2. The molecule has 16 heavy (non-hydrogen) atoms. The number of carbonyl (C=O) groups is 1. The van der Waals surface area contributed by atoms with Gasteiger partial charge in [0.05, 0.1) is 5.75 Å². The second-order valence-electron chi connectivity index (χ2n) is 3.65. The molecule has 1 amide bonds. The van der Waals surface area contributed by atoms with Crippen LogP contribution in [-0.2, 0) is 4.79 Å². The van der Waals surface area contributed by atoms with Crippen LogP contribution in [0.4, 0.5) is 10.1 Å². The van der Waals surface area contributed by atoms with Gasteiger partial charge >= 0.3 is 0 Å². The molecule has 86 valence electrons. The second-order valence-corrected chi connectivity index (χ2v) is 4.94. The van der Waals surface area contributed by atoms with E-state index in [1.165, 1.54) is 12.1 Å². The van der Waals surface area contributed by atoms with Crippen LogP contribution >= 0.6 is 11.8 Å². The van der Waals surface area contributed by atoms with Gasteiger partial charge in [0, 0.05) is 24.0 Å². The van der Waals surface area contributed by atoms with Crippen molar-refractivity contribution in [3.05, 3.63) is 30.1 Å². The topological polar surface area (TPSA) is 46.3 Å². The monoisotopic (exact) mass is 240 g/mol. The number of nitrogens with zero attached hydrogens (tertiary/aromatic N) is 1. The quantitative estimate of drug-likeness (QED) is 0.846. The number of nitrogens with two attached hydrogens (primary N) is 1. The first kappa shape index (κ1) is 11.4. The van der Waals surface area contributed by atoms with Crippen molar-refractivity contribution in [1.82, 2.24) is 0 Å². The van der Waals surface area contributed by atoms with Crippen LogP contribution in [0.15, 0.2) is 24.3 Å². The molecule has 5 heteroatoms. The molecule has 0 aromatic heterocycles. The molecular weight excluding hydrogens is 227 g/mol. The molecule has 1 atom stereocenters. The summed E-state index contributed by atoms with van der Waals surface area (Å²) in [4.78, 5) is 13.3. The maximum absolute atomic E-state index is 13.1. The minimum Gasteiger partial charge on any atom is -0.329 e. The lowest BCUT2D eigenvalue weighted by Gasteiger charge is -2.31. The van der Waals surface area contributed by atoms with Crippen molar-refractivity contribution in [2.45, 2.75) is 5.25 Å². The largest absolute Gasteiger partial charge is 0.329 e. The molecule has 0 bridgehead atoms. The Morgan fingerprint density at radius 2 is 2.38 bits per heavy atom. The van der Waals surface area contributed by atoms with E-state index in [1.54, 1.807) is 28.8 Å². The number of thioether (sulfide) groups is 1. The van der Waals surface area contributed by atoms with Gasteiger partial charge in [0.15, 0.2) is 0 Å². The van der Waals surface area contributed by atoms with E-state index in [0.29, 0.717) is 24.5 Å². The van der Waals surface area contributed by atoms with Crippen molar-refractivity contribution < 1.29 is 9.18 Å². The third-order valence-corrected chi connectivity index (χ3v) is 3.74. The van der Waals surface area contributed by atoms with Crippen LogP contribution in [0, 0.1) is 5.82 Å². The van der Waals surface area contributed by atoms with Crippen LogP contribution in [0.3, 0.4) is 0 Å². The third-order valence-electron chi connectivity index (χ3n) is 2.51. The smallest absolute Gasteiger partial charge is 0.237 e. The third kappa shape index (κ3) is 2.36. The van der Waals surface area contributed by atoms with Gasteiger partial charge in [-0.25, -0.2) is 4.39 Å². The van der Waals surface area contributed by atoms with Gasteiger partial charge in [0.25, 0.3) is 0 Å². The zero-order valence-corrected chi connectivity index (χ0v) is 9.54. The van der Waals surface area contributed by atoms with Crippen molar-refractivity contribution in [3.63, 3.8) is 0 Å². The van der Waals surface area contributed by atoms with E-state index in [-0.39, 0.29) is 17.0 Å². The molecule has 3 nitrogen and oxygen atoms in total. The van der Waals surface area contributed by atoms with Gasteiger partial charge in [-0.15, -0.1) is 11.8 Å². The van der Waals surface area contributed by atoms with Crippen LogP contribution in [-0.4, -0.2) is 30.0 Å². The lowest BCUT2D eigenvalue weighted by Crippen LogP contribution is -2.45. The van der Waals surface area contributed by atoms with Gasteiger partial charge < -0.3 is 10.6 Å². The molecule has 2 rings (SSSR count). The van der Waals surface area contributed by atoms with E-state index < -0.39 is 0 Å². The van der Waals surface area contributed by atoms with Crippen LogP contribution in [0.5, 0.6) is 0 Å². The molecular formula is C11H13FN2OS. The highest BCUT2D eigenvalue weighted by molar-refractivity contribution is 8.00. The molecule has 2 N–H and O–H groups in total. The van der Waals surface area contributed by atoms with E-state index >= 15 is 0 Å². The normalized spacial score (nSPS) is 21.2. The molecule has 1 aliphatic heterocycles. The summed E-state index contributed by atoms with van der Waals surface area (Å²) in [5.74, 6) is 0.103. The highest BCUT2D eigenvalue weighted by Gasteiger charge is 2.26. The van der Waals surface area contributed by atoms with Crippen molar-refractivity contribution >= 4 is 23.4 Å². The predicted octanol–water partition coefficient (Wildman–Crippen LogP) is 1.23. The number of hydrogen-bond donors (Lipinski definition) is 1. The Morgan fingerprint density at radius 3 is 3.06 bits per heavy atom. The highest BCUT2D eigenvalue weighted by atomic mass is 32.2. The molecule has 0 radical (unpaired) electrons. The molecule has 1 aromatic carbocycles. The maximum atomic E-state index is 13.1. The fraction of sp³-hybridized carbons (Fsp3) is 0.364. The fourth-order valence-corrected chi connectivity index (χ4v) is 2.59. The summed E-state index contributed by atoms with van der Waals surface area (Å²) in [6, 6.07) is 6.09. The highest BCUT2D eigenvalue weighted by Crippen LogP contribution is 2.24. The second kappa shape index (κ2) is 4.84. The number of benzene rings is 1. The van der Waals surface area contributed by atoms with Crippen LogP contribution in [0.1, 0.15) is 0 Å². The fourth-order valence-electron chi connectivity index (χ4n) is 1.66. The Hall–Kier alpha value is -1.07. The zero-order chi connectivity index (χ0) is 11.5. The Bertz CT molecular complexity index is 399. The first-order valence-corrected chi connectivity index (χ1v) is 6.13. The summed E-state index contributed by atoms with van der Waals surface area (Å²) in [5.41, 5.74) is 6.20. The Kier molecular flexibility index (Phi) is 3.46. The van der Waals surface area contributed by atoms with E-state index in [0.717, 1.165) is 0 Å². The Morgan fingerprint density at radius 1 is 1.56 bits per heavy atom. The molecule has 1 heterocycles. The molecule has 1 saturated heterocycles. The molecule has 0 saturated carbocycles. The van der Waals surface area contributed by atoms with E-state index in [2.05, 4.69) is 0 Å². The van der Waals surface area contributed by atoms with E-state index in [9.17, 15) is 9.18 Å². The summed E-state index contributed by atoms with van der Waals surface area (Å²) in [6.45, 7) is 1.09. The summed E-state index contributed by atoms with van der Waals surface area (Å²) in [6.07, 6.45) is 0. The first-order chi connectivity index (χ1) is 7.70. The Labute approximate surface area is 97.8 Å². The van der Waals surface area contributed by atoms with Gasteiger partial charge in [-0.1, -0.05) is 6.07 Å². The summed E-state index contributed by atoms with van der Waals surface area (Å²) in [5, 5.41) is 0.237. The SMILES string of the molecule is NCC1CN(c2cccc(F)c2)C(=O)CS1. The van der Waals surface area contributed by atoms with Gasteiger partial charge in [0.1, 0.15) is 5.82 Å². The molecule has 1 aliphatic rings. The number of amides is 1. The van der Waals surface area contributed by atoms with Crippen molar-refractivity contribution in [1.29, 1.82) is 0 Å². The molecule has 0 spiro atoms. The molecule has 1 aromatic rings. The number of halogens is 1. The van der Waals surface area contributed by atoms with E-state index in [1.807, 2.05) is 0 Å². The predicted molar refractivity (Wildman–Crippen MR) is 64.1 cm³/mol.